The molecule has 5 heteroatoms. The quantitative estimate of drug-likeness (QED) is 0.528. The molecule has 16 heavy (non-hydrogen) atoms. The molecule has 0 aliphatic heterocycles. The largest absolute Gasteiger partial charge is 0.413 e. The number of hydrogen-bond donors (Lipinski definition) is 0. The van der Waals surface area contributed by atoms with E-state index in [-0.39, 0.29) is 6.10 Å². The minimum atomic E-state index is -0.613. The molecule has 0 amide bonds. The van der Waals surface area contributed by atoms with Gasteiger partial charge in [0.15, 0.2) is 0 Å². The van der Waals surface area contributed by atoms with Crippen LogP contribution < -0.4 is 0 Å². The molecular weight excluding hydrogens is 236 g/mol. The number of rotatable bonds is 7. The number of aldehydes is 1. The van der Waals surface area contributed by atoms with Gasteiger partial charge in [-0.1, -0.05) is 30.3 Å². The predicted octanol–water partition coefficient (Wildman–Crippen LogP) is 0.756. The molecule has 0 aliphatic rings. The van der Waals surface area contributed by atoms with E-state index in [4.69, 9.17) is 8.85 Å². The molecule has 0 spiro atoms. The van der Waals surface area contributed by atoms with E-state index < -0.39 is 6.10 Å². The smallest absolute Gasteiger partial charge is 0.247 e. The average Bonchev–Trinajstić information content (AvgIpc) is 2.35. The highest BCUT2D eigenvalue weighted by atomic mass is 28.2. The van der Waals surface area contributed by atoms with Gasteiger partial charge in [0.25, 0.3) is 0 Å². The number of hydrogen-bond acceptors (Lipinski definition) is 3. The molecule has 0 heterocycles. The van der Waals surface area contributed by atoms with E-state index >= 15 is 0 Å². The fraction of sp³-hybridized carbons (Fsp3) is 0.364. The van der Waals surface area contributed by atoms with Gasteiger partial charge in [-0.05, 0) is 18.4 Å². The summed E-state index contributed by atoms with van der Waals surface area (Å²) in [4.78, 5) is 10.7. The molecule has 0 bridgehead atoms. The Kier molecular flexibility index (Phi) is 6.24. The lowest BCUT2D eigenvalue weighted by atomic mass is 10.0. The van der Waals surface area contributed by atoms with Gasteiger partial charge in [-0.3, -0.25) is 0 Å². The highest BCUT2D eigenvalue weighted by molar-refractivity contribution is 5.99. The Morgan fingerprint density at radius 3 is 2.38 bits per heavy atom. The highest BCUT2D eigenvalue weighted by Crippen LogP contribution is 2.10. The van der Waals surface area contributed by atoms with Gasteiger partial charge in [0, 0.05) is 0 Å². The summed E-state index contributed by atoms with van der Waals surface area (Å²) in [6, 6.07) is 10.0. The molecular formula is C11H12O3Si2. The molecule has 82 valence electrons. The Hall–Kier alpha value is -0.756. The molecule has 0 aliphatic carbocycles. The summed E-state index contributed by atoms with van der Waals surface area (Å²) in [7, 11) is 5.82. The Morgan fingerprint density at radius 1 is 1.19 bits per heavy atom. The SMILES string of the molecule is O=C[C@H](O[Si])[C@@H](CCc1ccccc1)O[Si]. The van der Waals surface area contributed by atoms with E-state index in [2.05, 4.69) is 21.0 Å². The molecule has 0 fully saturated rings. The van der Waals surface area contributed by atoms with E-state index in [1.807, 2.05) is 30.3 Å². The lowest BCUT2D eigenvalue weighted by molar-refractivity contribution is -0.117. The number of carbonyl (C=O) groups is 1. The first kappa shape index (κ1) is 13.3. The topological polar surface area (TPSA) is 35.5 Å². The minimum absolute atomic E-state index is 0.313. The van der Waals surface area contributed by atoms with Crippen molar-refractivity contribution >= 4 is 27.3 Å². The van der Waals surface area contributed by atoms with Gasteiger partial charge in [-0.2, -0.15) is 0 Å². The van der Waals surface area contributed by atoms with Gasteiger partial charge in [0.05, 0.1) is 6.10 Å². The van der Waals surface area contributed by atoms with Crippen molar-refractivity contribution in [1.29, 1.82) is 0 Å². The van der Waals surface area contributed by atoms with Crippen LogP contribution in [-0.4, -0.2) is 39.5 Å². The van der Waals surface area contributed by atoms with Crippen LogP contribution >= 0.6 is 0 Å². The van der Waals surface area contributed by atoms with Gasteiger partial charge >= 0.3 is 0 Å². The first-order valence-electron chi connectivity index (χ1n) is 4.95. The summed E-state index contributed by atoms with van der Waals surface area (Å²) < 4.78 is 9.86. The van der Waals surface area contributed by atoms with Gasteiger partial charge < -0.3 is 13.6 Å². The molecule has 1 aromatic carbocycles. The molecule has 0 N–H and O–H groups in total. The predicted molar refractivity (Wildman–Crippen MR) is 62.1 cm³/mol. The Balaban J connectivity index is 2.48. The summed E-state index contributed by atoms with van der Waals surface area (Å²) in [5, 5.41) is 0. The van der Waals surface area contributed by atoms with Gasteiger partial charge in [0.1, 0.15) is 12.4 Å². The van der Waals surface area contributed by atoms with Crippen molar-refractivity contribution in [2.75, 3.05) is 0 Å². The summed E-state index contributed by atoms with van der Waals surface area (Å²) in [5.41, 5.74) is 1.20. The normalized spacial score (nSPS) is 14.4. The fourth-order valence-electron chi connectivity index (χ4n) is 1.44. The van der Waals surface area contributed by atoms with Crippen LogP contribution in [0.4, 0.5) is 0 Å². The molecule has 6 radical (unpaired) electrons. The van der Waals surface area contributed by atoms with E-state index in [9.17, 15) is 4.79 Å². The standard InChI is InChI=1S/C11H12O3Si2/c12-8-11(14-16)10(13-15)7-6-9-4-2-1-3-5-9/h1-5,8,10-11H,6-7H2/t10-,11+/m1/s1. The van der Waals surface area contributed by atoms with Crippen molar-refractivity contribution in [2.45, 2.75) is 25.0 Å². The molecule has 0 saturated heterocycles. The van der Waals surface area contributed by atoms with Crippen LogP contribution in [0.1, 0.15) is 12.0 Å². The lowest BCUT2D eigenvalue weighted by Gasteiger charge is -2.20. The molecule has 0 saturated carbocycles. The zero-order valence-electron chi connectivity index (χ0n) is 8.76. The van der Waals surface area contributed by atoms with E-state index in [1.54, 1.807) is 0 Å². The molecule has 3 nitrogen and oxygen atoms in total. The first-order valence-corrected chi connectivity index (χ1v) is 5.77. The van der Waals surface area contributed by atoms with Crippen molar-refractivity contribution in [2.24, 2.45) is 0 Å². The highest BCUT2D eigenvalue weighted by Gasteiger charge is 2.19. The van der Waals surface area contributed by atoms with Crippen molar-refractivity contribution in [1.82, 2.24) is 0 Å². The zero-order chi connectivity index (χ0) is 11.8. The number of benzene rings is 1. The molecule has 1 aromatic rings. The first-order chi connectivity index (χ1) is 7.81. The third kappa shape index (κ3) is 4.01. The summed E-state index contributed by atoms with van der Waals surface area (Å²) in [6.45, 7) is 0. The average molecular weight is 248 g/mol. The third-order valence-electron chi connectivity index (χ3n) is 2.35. The Bertz CT molecular complexity index is 305. The van der Waals surface area contributed by atoms with Crippen molar-refractivity contribution in [3.05, 3.63) is 35.9 Å². The van der Waals surface area contributed by atoms with Crippen LogP contribution in [0.2, 0.25) is 0 Å². The van der Waals surface area contributed by atoms with Gasteiger partial charge in [-0.25, -0.2) is 0 Å². The Morgan fingerprint density at radius 2 is 1.88 bits per heavy atom. The number of aryl methyl sites for hydroxylation is 1. The maximum absolute atomic E-state index is 10.7. The van der Waals surface area contributed by atoms with Gasteiger partial charge in [0.2, 0.25) is 21.0 Å². The third-order valence-corrected chi connectivity index (χ3v) is 2.92. The second kappa shape index (κ2) is 7.51. The van der Waals surface area contributed by atoms with E-state index in [1.165, 1.54) is 5.56 Å². The molecule has 1 rings (SSSR count). The summed E-state index contributed by atoms with van der Waals surface area (Å²) >= 11 is 0. The van der Waals surface area contributed by atoms with Crippen LogP contribution in [0.15, 0.2) is 30.3 Å². The van der Waals surface area contributed by atoms with E-state index in [0.29, 0.717) is 12.7 Å². The molecule has 0 unspecified atom stereocenters. The van der Waals surface area contributed by atoms with Crippen molar-refractivity contribution in [3.63, 3.8) is 0 Å². The van der Waals surface area contributed by atoms with E-state index in [0.717, 1.165) is 6.42 Å². The van der Waals surface area contributed by atoms with Crippen LogP contribution in [0.25, 0.3) is 0 Å². The van der Waals surface area contributed by atoms with Crippen LogP contribution in [0, 0.1) is 0 Å². The van der Waals surface area contributed by atoms with Crippen molar-refractivity contribution < 1.29 is 13.6 Å². The maximum Gasteiger partial charge on any atom is 0.247 e. The van der Waals surface area contributed by atoms with Crippen LogP contribution in [0.5, 0.6) is 0 Å². The van der Waals surface area contributed by atoms with Crippen LogP contribution in [0.3, 0.4) is 0 Å². The fourth-order valence-corrected chi connectivity index (χ4v) is 1.89. The minimum Gasteiger partial charge on any atom is -0.413 e. The second-order valence-corrected chi connectivity index (χ2v) is 3.87. The molecule has 0 aromatic heterocycles. The monoisotopic (exact) mass is 248 g/mol. The molecule has 2 atom stereocenters. The summed E-state index contributed by atoms with van der Waals surface area (Å²) in [6.07, 6.45) is 1.31. The van der Waals surface area contributed by atoms with Crippen LogP contribution in [-0.2, 0) is 20.1 Å². The van der Waals surface area contributed by atoms with Gasteiger partial charge in [-0.15, -0.1) is 0 Å². The number of carbonyl (C=O) groups excluding carboxylic acids is 1. The van der Waals surface area contributed by atoms with Crippen molar-refractivity contribution in [3.8, 4) is 0 Å². The Labute approximate surface area is 102 Å². The summed E-state index contributed by atoms with van der Waals surface area (Å²) in [5.74, 6) is 0. The maximum atomic E-state index is 10.7. The second-order valence-electron chi connectivity index (χ2n) is 3.40. The lowest BCUT2D eigenvalue weighted by Crippen LogP contribution is -2.32. The zero-order valence-corrected chi connectivity index (χ0v) is 10.8.